The molecule has 0 fully saturated rings. The molecule has 7 heteroatoms. The van der Waals surface area contributed by atoms with Gasteiger partial charge in [0.25, 0.3) is 0 Å². The number of nitrogens with zero attached hydrogens (tertiary/aromatic N) is 1. The Bertz CT molecular complexity index is 1300. The van der Waals surface area contributed by atoms with Crippen LogP contribution in [0.4, 0.5) is 4.39 Å². The van der Waals surface area contributed by atoms with Crippen LogP contribution < -0.4 is 14.2 Å². The van der Waals surface area contributed by atoms with Crippen molar-refractivity contribution in [2.45, 2.75) is 31.3 Å². The molecule has 1 heterocycles. The fourth-order valence-corrected chi connectivity index (χ4v) is 4.57. The number of carbonyl (C=O) groups is 1. The summed E-state index contributed by atoms with van der Waals surface area (Å²) in [4.78, 5) is 11.6. The zero-order valence-electron chi connectivity index (χ0n) is 18.5. The molecule has 5 rings (SSSR count). The summed E-state index contributed by atoms with van der Waals surface area (Å²) >= 11 is 0. The zero-order chi connectivity index (χ0) is 23.7. The van der Waals surface area contributed by atoms with Crippen LogP contribution in [-0.2, 0) is 16.0 Å². The summed E-state index contributed by atoms with van der Waals surface area (Å²) in [7, 11) is 1.37. The van der Waals surface area contributed by atoms with Gasteiger partial charge in [0.2, 0.25) is 0 Å². The van der Waals surface area contributed by atoms with Crippen LogP contribution in [0.15, 0.2) is 54.6 Å². The number of esters is 1. The number of halogens is 1. The summed E-state index contributed by atoms with van der Waals surface area (Å²) in [6.07, 6.45) is 0.956. The average Bonchev–Trinajstić information content (AvgIpc) is 3.46. The highest BCUT2D eigenvalue weighted by Gasteiger charge is 2.32. The minimum Gasteiger partial charge on any atom is -0.492 e. The van der Waals surface area contributed by atoms with Crippen molar-refractivity contribution in [3.63, 3.8) is 0 Å². The van der Waals surface area contributed by atoms with Crippen LogP contribution in [0.1, 0.15) is 47.1 Å². The summed E-state index contributed by atoms with van der Waals surface area (Å²) in [6.45, 7) is 0.402. The number of carbonyl (C=O) groups excluding carboxylic acids is 1. The molecule has 0 bridgehead atoms. The maximum Gasteiger partial charge on any atom is 0.306 e. The third kappa shape index (κ3) is 4.03. The number of fused-ring (bicyclic) bond motifs is 2. The van der Waals surface area contributed by atoms with Gasteiger partial charge in [0.05, 0.1) is 25.7 Å². The predicted octanol–water partition coefficient (Wildman–Crippen LogP) is 5.60. The molecule has 1 aliphatic carbocycles. The molecule has 1 aliphatic heterocycles. The maximum absolute atomic E-state index is 14.9. The second-order valence-corrected chi connectivity index (χ2v) is 8.28. The summed E-state index contributed by atoms with van der Waals surface area (Å²) in [5, 5.41) is 9.34. The molecule has 0 saturated heterocycles. The van der Waals surface area contributed by atoms with Crippen LogP contribution in [0.5, 0.6) is 23.0 Å². The van der Waals surface area contributed by atoms with Crippen molar-refractivity contribution in [3.8, 4) is 29.1 Å². The van der Waals surface area contributed by atoms with Gasteiger partial charge in [-0.15, -0.1) is 0 Å². The van der Waals surface area contributed by atoms with Crippen molar-refractivity contribution in [2.75, 3.05) is 13.7 Å². The monoisotopic (exact) mass is 459 g/mol. The Morgan fingerprint density at radius 3 is 2.85 bits per heavy atom. The first-order chi connectivity index (χ1) is 16.6. The molecule has 0 unspecified atom stereocenters. The molecule has 0 spiro atoms. The summed E-state index contributed by atoms with van der Waals surface area (Å²) in [5.41, 5.74) is 2.56. The molecule has 2 aliphatic rings. The van der Waals surface area contributed by atoms with Crippen molar-refractivity contribution >= 4 is 5.97 Å². The highest BCUT2D eigenvalue weighted by Crippen LogP contribution is 2.44. The van der Waals surface area contributed by atoms with Crippen molar-refractivity contribution in [1.82, 2.24) is 0 Å². The molecule has 3 aromatic carbocycles. The molecule has 0 saturated carbocycles. The molecule has 6 nitrogen and oxygen atoms in total. The Labute approximate surface area is 196 Å². The number of methoxy groups -OCH3 is 1. The Morgan fingerprint density at radius 1 is 1.18 bits per heavy atom. The standard InChI is InChI=1S/C27H22FNO5/c1-31-26(30)12-17-15-32-25-13-18(6-7-19(17)25)33-24-10-8-20-23(11-9-21(28)27(20)24)34-22-5-3-2-4-16(22)14-29/h2-7,9,11,13,17,24H,8,10,12,15H2,1H3/t17-,24-/m1/s1. The number of nitriles is 1. The predicted molar refractivity (Wildman–Crippen MR) is 121 cm³/mol. The van der Waals surface area contributed by atoms with Crippen LogP contribution in [-0.4, -0.2) is 19.7 Å². The molecule has 34 heavy (non-hydrogen) atoms. The fraction of sp³-hybridized carbons (Fsp3) is 0.259. The number of rotatable bonds is 6. The first-order valence-electron chi connectivity index (χ1n) is 11.1. The third-order valence-electron chi connectivity index (χ3n) is 6.25. The lowest BCUT2D eigenvalue weighted by molar-refractivity contribution is -0.141. The highest BCUT2D eigenvalue weighted by molar-refractivity contribution is 5.71. The molecule has 0 N–H and O–H groups in total. The van der Waals surface area contributed by atoms with Gasteiger partial charge >= 0.3 is 5.97 Å². The number of hydrogen-bond donors (Lipinski definition) is 0. The first-order valence-corrected chi connectivity index (χ1v) is 11.1. The second-order valence-electron chi connectivity index (χ2n) is 8.28. The number of hydrogen-bond acceptors (Lipinski definition) is 6. The van der Waals surface area contributed by atoms with E-state index in [1.165, 1.54) is 13.2 Å². The molecule has 3 aromatic rings. The molecule has 2 atom stereocenters. The van der Waals surface area contributed by atoms with E-state index in [1.54, 1.807) is 36.4 Å². The minimum absolute atomic E-state index is 0.0582. The Morgan fingerprint density at radius 2 is 2.03 bits per heavy atom. The van der Waals surface area contributed by atoms with Gasteiger partial charge in [0, 0.05) is 28.7 Å². The van der Waals surface area contributed by atoms with Crippen LogP contribution in [0, 0.1) is 17.1 Å². The summed E-state index contributed by atoms with van der Waals surface area (Å²) < 4.78 is 37.6. The first kappa shape index (κ1) is 21.8. The van der Waals surface area contributed by atoms with Crippen molar-refractivity contribution in [1.29, 1.82) is 5.26 Å². The summed E-state index contributed by atoms with van der Waals surface area (Å²) in [6, 6.07) is 17.5. The molecular weight excluding hydrogens is 437 g/mol. The average molecular weight is 459 g/mol. The maximum atomic E-state index is 14.9. The van der Waals surface area contributed by atoms with E-state index >= 15 is 0 Å². The number of para-hydroxylation sites is 1. The van der Waals surface area contributed by atoms with E-state index in [0.717, 1.165) is 11.1 Å². The van der Waals surface area contributed by atoms with Gasteiger partial charge in [0.1, 0.15) is 41.0 Å². The van der Waals surface area contributed by atoms with E-state index in [9.17, 15) is 14.4 Å². The van der Waals surface area contributed by atoms with Crippen molar-refractivity contribution in [3.05, 3.63) is 82.7 Å². The van der Waals surface area contributed by atoms with Gasteiger partial charge in [0.15, 0.2) is 0 Å². The topological polar surface area (TPSA) is 77.8 Å². The van der Waals surface area contributed by atoms with Crippen LogP contribution in [0.3, 0.4) is 0 Å². The van der Waals surface area contributed by atoms with E-state index in [1.807, 2.05) is 12.1 Å². The third-order valence-corrected chi connectivity index (χ3v) is 6.25. The van der Waals surface area contributed by atoms with Gasteiger partial charge in [-0.2, -0.15) is 5.26 Å². The SMILES string of the molecule is COC(=O)C[C@@H]1COc2cc(O[C@@H]3CCc4c(Oc5ccccc5C#N)ccc(F)c43)ccc21. The van der Waals surface area contributed by atoms with Gasteiger partial charge in [-0.3, -0.25) is 4.79 Å². The zero-order valence-corrected chi connectivity index (χ0v) is 18.5. The summed E-state index contributed by atoms with van der Waals surface area (Å²) in [5.74, 6) is 1.49. The van der Waals surface area contributed by atoms with Gasteiger partial charge in [-0.1, -0.05) is 18.2 Å². The van der Waals surface area contributed by atoms with Gasteiger partial charge in [-0.05, 0) is 43.2 Å². The lowest BCUT2D eigenvalue weighted by Crippen LogP contribution is -2.09. The molecule has 172 valence electrons. The Hall–Kier alpha value is -4.05. The second kappa shape index (κ2) is 9.06. The van der Waals surface area contributed by atoms with Crippen molar-refractivity contribution in [2.24, 2.45) is 0 Å². The molecule has 0 amide bonds. The lowest BCUT2D eigenvalue weighted by Gasteiger charge is -2.17. The normalized spacial score (nSPS) is 17.8. The van der Waals surface area contributed by atoms with Gasteiger partial charge < -0.3 is 18.9 Å². The van der Waals surface area contributed by atoms with Crippen LogP contribution in [0.25, 0.3) is 0 Å². The van der Waals surface area contributed by atoms with E-state index in [4.69, 9.17) is 18.9 Å². The van der Waals surface area contributed by atoms with Crippen LogP contribution >= 0.6 is 0 Å². The van der Waals surface area contributed by atoms with Crippen molar-refractivity contribution < 1.29 is 28.1 Å². The largest absolute Gasteiger partial charge is 0.492 e. The Kier molecular flexibility index (Phi) is 5.81. The fourth-order valence-electron chi connectivity index (χ4n) is 4.57. The number of ether oxygens (including phenoxy) is 4. The van der Waals surface area contributed by atoms with E-state index in [2.05, 4.69) is 6.07 Å². The van der Waals surface area contributed by atoms with Gasteiger partial charge in [-0.25, -0.2) is 4.39 Å². The van der Waals surface area contributed by atoms with E-state index < -0.39 is 6.10 Å². The van der Waals surface area contributed by atoms with E-state index in [0.29, 0.717) is 53.6 Å². The Balaban J connectivity index is 1.37. The molecule has 0 radical (unpaired) electrons. The van der Waals surface area contributed by atoms with E-state index in [-0.39, 0.29) is 24.1 Å². The minimum atomic E-state index is -0.477. The van der Waals surface area contributed by atoms with Crippen LogP contribution in [0.2, 0.25) is 0 Å². The lowest BCUT2D eigenvalue weighted by atomic mass is 9.98. The quantitative estimate of drug-likeness (QED) is 0.447. The number of benzene rings is 3. The smallest absolute Gasteiger partial charge is 0.306 e. The highest BCUT2D eigenvalue weighted by atomic mass is 19.1. The molecule has 0 aromatic heterocycles. The molecular formula is C27H22FNO5.